The van der Waals surface area contributed by atoms with Crippen LogP contribution in [0.3, 0.4) is 0 Å². The number of nitrogens with one attached hydrogen (secondary N) is 1. The molecule has 134 valence electrons. The average molecular weight is 380 g/mol. The molecular weight excluding hydrogens is 368 g/mol. The van der Waals surface area contributed by atoms with Gasteiger partial charge in [-0.1, -0.05) is 0 Å². The van der Waals surface area contributed by atoms with Gasteiger partial charge in [0.15, 0.2) is 11.3 Å². The summed E-state index contributed by atoms with van der Waals surface area (Å²) in [5.74, 6) is -0.323. The maximum absolute atomic E-state index is 12.7. The molecule has 1 fully saturated rings. The first-order valence-electron chi connectivity index (χ1n) is 8.26. The van der Waals surface area contributed by atoms with Gasteiger partial charge in [0.2, 0.25) is 5.17 Å². The fourth-order valence-corrected chi connectivity index (χ4v) is 3.95. The molecule has 1 aromatic heterocycles. The Hall–Kier alpha value is -3.20. The van der Waals surface area contributed by atoms with Gasteiger partial charge in [0.1, 0.15) is 22.6 Å². The molecule has 0 unspecified atom stereocenters. The van der Waals surface area contributed by atoms with Crippen LogP contribution in [0.15, 0.2) is 49.3 Å². The summed E-state index contributed by atoms with van der Waals surface area (Å²) in [5.41, 5.74) is -0.0250. The first kappa shape index (κ1) is 16.0. The van der Waals surface area contributed by atoms with Crippen LogP contribution in [0.4, 0.5) is 0 Å². The Morgan fingerprint density at radius 3 is 2.93 bits per heavy atom. The van der Waals surface area contributed by atoms with E-state index in [1.807, 2.05) is 0 Å². The van der Waals surface area contributed by atoms with E-state index in [9.17, 15) is 14.7 Å². The fourth-order valence-electron chi connectivity index (χ4n) is 2.89. The number of hydrazone groups is 1. The number of hydrogen-bond donors (Lipinski definition) is 2. The van der Waals surface area contributed by atoms with E-state index in [4.69, 9.17) is 9.83 Å². The SMILES string of the molecule is N=C1C(=Cc2coc3cc(O)ccc3c2=O)C(=O)N=C2SC(C3CC3)=NN12. The zero-order valence-electron chi connectivity index (χ0n) is 13.8. The molecule has 8 nitrogen and oxygen atoms in total. The summed E-state index contributed by atoms with van der Waals surface area (Å²) in [6.07, 6.45) is 4.63. The second-order valence-corrected chi connectivity index (χ2v) is 7.42. The number of nitrogens with zero attached hydrogens (tertiary/aromatic N) is 3. The molecule has 0 spiro atoms. The number of aliphatic imine (C=N–C) groups is 1. The molecule has 9 heteroatoms. The van der Waals surface area contributed by atoms with E-state index in [2.05, 4.69) is 10.1 Å². The zero-order chi connectivity index (χ0) is 18.7. The molecule has 5 rings (SSSR count). The minimum absolute atomic E-state index is 0.0151. The summed E-state index contributed by atoms with van der Waals surface area (Å²) >= 11 is 1.32. The van der Waals surface area contributed by atoms with E-state index in [-0.39, 0.29) is 39.1 Å². The van der Waals surface area contributed by atoms with E-state index in [0.29, 0.717) is 11.1 Å². The van der Waals surface area contributed by atoms with Crippen molar-refractivity contribution in [1.29, 1.82) is 5.41 Å². The van der Waals surface area contributed by atoms with Gasteiger partial charge < -0.3 is 9.52 Å². The Morgan fingerprint density at radius 1 is 1.33 bits per heavy atom. The number of fused-ring (bicyclic) bond motifs is 2. The van der Waals surface area contributed by atoms with E-state index in [1.54, 1.807) is 0 Å². The van der Waals surface area contributed by atoms with Gasteiger partial charge in [0, 0.05) is 12.0 Å². The lowest BCUT2D eigenvalue weighted by molar-refractivity contribution is -0.114. The van der Waals surface area contributed by atoms with Crippen LogP contribution in [0.25, 0.3) is 17.0 Å². The first-order valence-corrected chi connectivity index (χ1v) is 9.07. The van der Waals surface area contributed by atoms with E-state index in [0.717, 1.165) is 17.9 Å². The van der Waals surface area contributed by atoms with Crippen molar-refractivity contribution in [3.8, 4) is 5.75 Å². The van der Waals surface area contributed by atoms with Crippen molar-refractivity contribution in [2.24, 2.45) is 16.0 Å². The number of hydrogen-bond acceptors (Lipinski definition) is 7. The number of benzene rings is 1. The highest BCUT2D eigenvalue weighted by molar-refractivity contribution is 8.27. The lowest BCUT2D eigenvalue weighted by Crippen LogP contribution is -2.35. The van der Waals surface area contributed by atoms with Crippen LogP contribution >= 0.6 is 11.8 Å². The average Bonchev–Trinajstić information content (AvgIpc) is 3.40. The van der Waals surface area contributed by atoms with Gasteiger partial charge in [0.05, 0.1) is 16.5 Å². The van der Waals surface area contributed by atoms with Crippen molar-refractivity contribution in [2.75, 3.05) is 0 Å². The normalized spacial score (nSPS) is 20.9. The van der Waals surface area contributed by atoms with Crippen LogP contribution in [0.5, 0.6) is 5.75 Å². The van der Waals surface area contributed by atoms with E-state index < -0.39 is 5.91 Å². The van der Waals surface area contributed by atoms with Crippen LogP contribution in [0.2, 0.25) is 0 Å². The molecule has 3 aliphatic rings. The molecule has 1 saturated carbocycles. The number of amides is 1. The quantitative estimate of drug-likeness (QED) is 0.773. The molecule has 0 atom stereocenters. The van der Waals surface area contributed by atoms with Gasteiger partial charge in [-0.25, -0.2) is 0 Å². The topological polar surface area (TPSA) is 119 Å². The number of thioether (sulfide) groups is 1. The molecule has 2 aromatic rings. The predicted molar refractivity (Wildman–Crippen MR) is 102 cm³/mol. The number of phenols is 1. The van der Waals surface area contributed by atoms with Crippen LogP contribution < -0.4 is 5.43 Å². The number of rotatable bonds is 2. The van der Waals surface area contributed by atoms with Gasteiger partial charge >= 0.3 is 0 Å². The van der Waals surface area contributed by atoms with E-state index in [1.165, 1.54) is 47.3 Å². The fraction of sp³-hybridized carbons (Fsp3) is 0.167. The van der Waals surface area contributed by atoms with Gasteiger partial charge in [-0.15, -0.1) is 0 Å². The van der Waals surface area contributed by atoms with Gasteiger partial charge in [-0.2, -0.15) is 15.1 Å². The molecule has 0 radical (unpaired) electrons. The molecule has 3 heterocycles. The van der Waals surface area contributed by atoms with Crippen LogP contribution in [0, 0.1) is 11.3 Å². The lowest BCUT2D eigenvalue weighted by atomic mass is 10.1. The third kappa shape index (κ3) is 2.58. The molecule has 0 bridgehead atoms. The first-order chi connectivity index (χ1) is 13.0. The molecule has 1 aliphatic carbocycles. The summed E-state index contributed by atoms with van der Waals surface area (Å²) < 4.78 is 5.39. The van der Waals surface area contributed by atoms with Crippen molar-refractivity contribution in [1.82, 2.24) is 5.01 Å². The second-order valence-electron chi connectivity index (χ2n) is 6.43. The predicted octanol–water partition coefficient (Wildman–Crippen LogP) is 2.53. The monoisotopic (exact) mass is 380 g/mol. The molecule has 2 aliphatic heterocycles. The highest BCUT2D eigenvalue weighted by atomic mass is 32.2. The maximum atomic E-state index is 12.7. The summed E-state index contributed by atoms with van der Waals surface area (Å²) in [6, 6.07) is 4.18. The Bertz CT molecular complexity index is 1190. The smallest absolute Gasteiger partial charge is 0.283 e. The third-order valence-corrected chi connectivity index (χ3v) is 5.55. The minimum Gasteiger partial charge on any atom is -0.508 e. The summed E-state index contributed by atoms with van der Waals surface area (Å²) in [6.45, 7) is 0. The number of amidine groups is 2. The molecule has 2 N–H and O–H groups in total. The van der Waals surface area contributed by atoms with Crippen molar-refractivity contribution < 1.29 is 14.3 Å². The molecule has 27 heavy (non-hydrogen) atoms. The second kappa shape index (κ2) is 5.65. The van der Waals surface area contributed by atoms with Crippen molar-refractivity contribution in [2.45, 2.75) is 12.8 Å². The summed E-state index contributed by atoms with van der Waals surface area (Å²) in [7, 11) is 0. The Balaban J connectivity index is 1.57. The van der Waals surface area contributed by atoms with Crippen LogP contribution in [0.1, 0.15) is 18.4 Å². The highest BCUT2D eigenvalue weighted by Crippen LogP contribution is 2.40. The van der Waals surface area contributed by atoms with E-state index >= 15 is 0 Å². The van der Waals surface area contributed by atoms with Crippen LogP contribution in [-0.4, -0.2) is 32.1 Å². The van der Waals surface area contributed by atoms with Crippen molar-refractivity contribution >= 4 is 50.8 Å². The number of aromatic hydroxyl groups is 1. The molecule has 1 aromatic carbocycles. The van der Waals surface area contributed by atoms with Crippen LogP contribution in [-0.2, 0) is 4.79 Å². The standard InChI is InChI=1S/C18H12N4O4S/c19-15-12(16(25)20-18-22(15)21-17(27-18)8-1-2-8)5-9-7-26-13-6-10(23)3-4-11(13)14(9)24/h3-8,19,23H,1-2H2. The number of phenolic OH excluding ortho intramolecular Hbond substituents is 1. The highest BCUT2D eigenvalue weighted by Gasteiger charge is 2.40. The molecule has 1 amide bonds. The largest absolute Gasteiger partial charge is 0.508 e. The van der Waals surface area contributed by atoms with Crippen molar-refractivity contribution in [3.63, 3.8) is 0 Å². The molecule has 0 saturated heterocycles. The van der Waals surface area contributed by atoms with Gasteiger partial charge in [-0.3, -0.25) is 15.0 Å². The van der Waals surface area contributed by atoms with Gasteiger partial charge in [0.25, 0.3) is 5.91 Å². The Labute approximate surface area is 156 Å². The Kier molecular flexibility index (Phi) is 3.35. The minimum atomic E-state index is -0.587. The van der Waals surface area contributed by atoms with Gasteiger partial charge in [-0.05, 0) is 42.8 Å². The zero-order valence-corrected chi connectivity index (χ0v) is 14.6. The maximum Gasteiger partial charge on any atom is 0.283 e. The number of carbonyl (C=O) groups is 1. The lowest BCUT2D eigenvalue weighted by Gasteiger charge is -2.20. The van der Waals surface area contributed by atoms with Crippen molar-refractivity contribution in [3.05, 3.63) is 45.8 Å². The molecular formula is C18H12N4O4S. The third-order valence-electron chi connectivity index (χ3n) is 4.48. The Morgan fingerprint density at radius 2 is 2.15 bits per heavy atom. The summed E-state index contributed by atoms with van der Waals surface area (Å²) in [5, 5.41) is 25.1. The number of carbonyl (C=O) groups excluding carboxylic acids is 1. The summed E-state index contributed by atoms with van der Waals surface area (Å²) in [4.78, 5) is 29.1.